The number of hydrogen-bond donors (Lipinski definition) is 4. The average Bonchev–Trinajstić information content (AvgIpc) is 2.41. The maximum Gasteiger partial charge on any atom is 0.491 e. The molecule has 8 nitrogen and oxygen atoms in total. The van der Waals surface area contributed by atoms with Crippen LogP contribution in [0.4, 0.5) is 9.18 Å². The highest BCUT2D eigenvalue weighted by Gasteiger charge is 2.24. The lowest BCUT2D eigenvalue weighted by molar-refractivity contribution is -0.139. The van der Waals surface area contributed by atoms with Crippen LogP contribution in [0.5, 0.6) is 5.75 Å². The van der Waals surface area contributed by atoms with Gasteiger partial charge in [0.15, 0.2) is 0 Å². The number of rotatable bonds is 7. The van der Waals surface area contributed by atoms with Crippen molar-refractivity contribution in [2.24, 2.45) is 0 Å². The lowest BCUT2D eigenvalue weighted by atomic mass is 9.95. The topological polar surface area (TPSA) is 125 Å². The maximum atomic E-state index is 13.6. The molecule has 0 saturated heterocycles. The number of carbonyl (C=O) groups is 2. The van der Waals surface area contributed by atoms with Crippen LogP contribution in [-0.2, 0) is 16.0 Å². The van der Waals surface area contributed by atoms with Gasteiger partial charge in [-0.05, 0) is 38.5 Å². The number of benzene rings is 1. The number of alkyl carbamates (subject to hydrolysis) is 1. The molecule has 25 heavy (non-hydrogen) atoms. The summed E-state index contributed by atoms with van der Waals surface area (Å²) in [5.41, 5.74) is -0.552. The normalized spacial score (nSPS) is 12.2. The number of carboxylic acids is 1. The summed E-state index contributed by atoms with van der Waals surface area (Å²) in [6, 6.07) is 2.11. The van der Waals surface area contributed by atoms with E-state index in [-0.39, 0.29) is 17.7 Å². The van der Waals surface area contributed by atoms with Crippen LogP contribution in [0.2, 0.25) is 0 Å². The first-order chi connectivity index (χ1) is 11.5. The first-order valence-corrected chi connectivity index (χ1v) is 7.47. The molecule has 0 radical (unpaired) electrons. The Balaban J connectivity index is 2.84. The number of hydrogen-bond acceptors (Lipinski definition) is 6. The van der Waals surface area contributed by atoms with Crippen molar-refractivity contribution in [3.05, 3.63) is 29.6 Å². The second-order valence-electron chi connectivity index (χ2n) is 6.33. The number of carbonyl (C=O) groups excluding carboxylic acids is 1. The summed E-state index contributed by atoms with van der Waals surface area (Å²) in [6.07, 6.45) is -1.12. The minimum Gasteiger partial charge on any atom is -0.496 e. The van der Waals surface area contributed by atoms with Gasteiger partial charge in [0.05, 0.1) is 0 Å². The standard InChI is InChI=1S/C15H21BFNO7/c1-15(2,3)25-14(21)18-12(13(19)20)6-9-4-10(17)7-11(5-9)24-8-16(22)23/h4-5,7,12,22-23H,6,8H2,1-3H3,(H,18,21)(H,19,20)/t12-/m0/s1. The molecule has 1 aromatic rings. The van der Waals surface area contributed by atoms with Crippen molar-refractivity contribution in [1.82, 2.24) is 5.32 Å². The molecule has 0 unspecified atom stereocenters. The highest BCUT2D eigenvalue weighted by Crippen LogP contribution is 2.18. The van der Waals surface area contributed by atoms with E-state index in [1.807, 2.05) is 0 Å². The summed E-state index contributed by atoms with van der Waals surface area (Å²) in [4.78, 5) is 23.1. The van der Waals surface area contributed by atoms with Gasteiger partial charge in [0, 0.05) is 12.5 Å². The Bertz CT molecular complexity index is 618. The molecule has 1 rings (SSSR count). The molecule has 0 aliphatic rings. The van der Waals surface area contributed by atoms with Crippen molar-refractivity contribution in [3.63, 3.8) is 0 Å². The van der Waals surface area contributed by atoms with E-state index >= 15 is 0 Å². The van der Waals surface area contributed by atoms with Crippen LogP contribution < -0.4 is 10.1 Å². The van der Waals surface area contributed by atoms with Crippen LogP contribution in [0.3, 0.4) is 0 Å². The van der Waals surface area contributed by atoms with Crippen molar-refractivity contribution >= 4 is 19.2 Å². The Labute approximate surface area is 144 Å². The van der Waals surface area contributed by atoms with E-state index in [0.717, 1.165) is 12.1 Å². The summed E-state index contributed by atoms with van der Waals surface area (Å²) >= 11 is 0. The number of amides is 1. The molecule has 0 bridgehead atoms. The highest BCUT2D eigenvalue weighted by molar-refractivity contribution is 6.40. The molecule has 0 aromatic heterocycles. The number of carboxylic acid groups (broad SMARTS) is 1. The minimum atomic E-state index is -1.73. The van der Waals surface area contributed by atoms with Gasteiger partial charge < -0.3 is 29.9 Å². The van der Waals surface area contributed by atoms with Crippen LogP contribution in [0, 0.1) is 5.82 Å². The molecule has 1 atom stereocenters. The average molecular weight is 357 g/mol. The third kappa shape index (κ3) is 8.36. The second-order valence-corrected chi connectivity index (χ2v) is 6.33. The van der Waals surface area contributed by atoms with Gasteiger partial charge in [-0.3, -0.25) is 0 Å². The molecule has 138 valence electrons. The first kappa shape index (κ1) is 20.7. The number of ether oxygens (including phenoxy) is 2. The number of nitrogens with one attached hydrogen (secondary N) is 1. The van der Waals surface area contributed by atoms with Crippen molar-refractivity contribution in [1.29, 1.82) is 0 Å². The number of halogens is 1. The van der Waals surface area contributed by atoms with E-state index in [9.17, 15) is 19.1 Å². The predicted molar refractivity (Wildman–Crippen MR) is 86.6 cm³/mol. The van der Waals surface area contributed by atoms with Crippen LogP contribution in [-0.4, -0.2) is 52.5 Å². The molecule has 0 spiro atoms. The summed E-state index contributed by atoms with van der Waals surface area (Å²) in [5, 5.41) is 29.0. The molecular formula is C15H21BFNO7. The summed E-state index contributed by atoms with van der Waals surface area (Å²) < 4.78 is 23.6. The predicted octanol–water partition coefficient (Wildman–Crippen LogP) is 0.737. The Hall–Kier alpha value is -2.33. The minimum absolute atomic E-state index is 0.00417. The van der Waals surface area contributed by atoms with Gasteiger partial charge in [0.1, 0.15) is 29.7 Å². The molecule has 10 heteroatoms. The van der Waals surface area contributed by atoms with Gasteiger partial charge in [-0.2, -0.15) is 0 Å². The van der Waals surface area contributed by atoms with Crippen molar-refractivity contribution in [2.45, 2.75) is 38.8 Å². The first-order valence-electron chi connectivity index (χ1n) is 7.47. The Kier molecular flexibility index (Phi) is 7.19. The van der Waals surface area contributed by atoms with Crippen LogP contribution in [0.15, 0.2) is 18.2 Å². The van der Waals surface area contributed by atoms with Crippen LogP contribution in [0.25, 0.3) is 0 Å². The zero-order valence-corrected chi connectivity index (χ0v) is 14.2. The molecule has 0 saturated carbocycles. The fraction of sp³-hybridized carbons (Fsp3) is 0.467. The molecule has 1 aromatic carbocycles. The molecule has 0 aliphatic heterocycles. The number of aliphatic carboxylic acids is 1. The van der Waals surface area contributed by atoms with E-state index in [4.69, 9.17) is 19.5 Å². The van der Waals surface area contributed by atoms with Gasteiger partial charge in [0.2, 0.25) is 0 Å². The molecule has 4 N–H and O–H groups in total. The van der Waals surface area contributed by atoms with E-state index < -0.39 is 43.1 Å². The fourth-order valence-corrected chi connectivity index (χ4v) is 1.88. The monoisotopic (exact) mass is 357 g/mol. The molecule has 0 fully saturated rings. The quantitative estimate of drug-likeness (QED) is 0.530. The highest BCUT2D eigenvalue weighted by atomic mass is 19.1. The van der Waals surface area contributed by atoms with E-state index in [0.29, 0.717) is 0 Å². The third-order valence-electron chi connectivity index (χ3n) is 2.76. The van der Waals surface area contributed by atoms with Crippen molar-refractivity contribution < 1.29 is 38.6 Å². The van der Waals surface area contributed by atoms with Gasteiger partial charge in [-0.1, -0.05) is 0 Å². The zero-order valence-electron chi connectivity index (χ0n) is 14.2. The van der Waals surface area contributed by atoms with Crippen molar-refractivity contribution in [3.8, 4) is 5.75 Å². The summed E-state index contributed by atoms with van der Waals surface area (Å²) in [6.45, 7) is 4.43. The largest absolute Gasteiger partial charge is 0.496 e. The van der Waals surface area contributed by atoms with E-state index in [2.05, 4.69) is 5.32 Å². The van der Waals surface area contributed by atoms with E-state index in [1.54, 1.807) is 20.8 Å². The fourth-order valence-electron chi connectivity index (χ4n) is 1.88. The lowest BCUT2D eigenvalue weighted by Crippen LogP contribution is -2.44. The van der Waals surface area contributed by atoms with Crippen molar-refractivity contribution in [2.75, 3.05) is 6.51 Å². The van der Waals surface area contributed by atoms with Gasteiger partial charge in [-0.25, -0.2) is 14.0 Å². The van der Waals surface area contributed by atoms with E-state index in [1.165, 1.54) is 6.07 Å². The molecule has 0 aliphatic carbocycles. The maximum absolute atomic E-state index is 13.6. The summed E-state index contributed by atoms with van der Waals surface area (Å²) in [7, 11) is -1.73. The second kappa shape index (κ2) is 8.68. The van der Waals surface area contributed by atoms with Gasteiger partial charge >= 0.3 is 19.2 Å². The van der Waals surface area contributed by atoms with Gasteiger partial charge in [0.25, 0.3) is 0 Å². The lowest BCUT2D eigenvalue weighted by Gasteiger charge is -2.22. The zero-order chi connectivity index (χ0) is 19.2. The Morgan fingerprint density at radius 3 is 2.44 bits per heavy atom. The van der Waals surface area contributed by atoms with Crippen LogP contribution in [0.1, 0.15) is 26.3 Å². The van der Waals surface area contributed by atoms with Crippen LogP contribution >= 0.6 is 0 Å². The Morgan fingerprint density at radius 1 is 1.28 bits per heavy atom. The third-order valence-corrected chi connectivity index (χ3v) is 2.76. The molecular weight excluding hydrogens is 336 g/mol. The van der Waals surface area contributed by atoms with Gasteiger partial charge in [-0.15, -0.1) is 0 Å². The summed E-state index contributed by atoms with van der Waals surface area (Å²) in [5.74, 6) is -2.01. The smallest absolute Gasteiger partial charge is 0.491 e. The molecule has 0 heterocycles. The Morgan fingerprint density at radius 2 is 1.92 bits per heavy atom. The molecule has 1 amide bonds. The SMILES string of the molecule is CC(C)(C)OC(=O)N[C@@H](Cc1cc(F)cc(OCB(O)O)c1)C(=O)O.